The first-order valence-electron chi connectivity index (χ1n) is 10.4. The molecule has 0 bridgehead atoms. The molecule has 0 amide bonds. The molecular formula is C27H22N2O3S. The Balaban J connectivity index is 1.81. The number of esters is 1. The fourth-order valence-corrected chi connectivity index (χ4v) is 4.43. The minimum absolute atomic E-state index is 0.0288. The van der Waals surface area contributed by atoms with Gasteiger partial charge < -0.3 is 10.1 Å². The second kappa shape index (κ2) is 10.1. The van der Waals surface area contributed by atoms with E-state index in [1.165, 1.54) is 17.4 Å². The summed E-state index contributed by atoms with van der Waals surface area (Å²) >= 11 is 1.26. The Hall–Kier alpha value is -4.03. The number of ether oxygens (including phenoxy) is 1. The maximum Gasteiger partial charge on any atom is 0.381 e. The second-order valence-corrected chi connectivity index (χ2v) is 8.09. The van der Waals surface area contributed by atoms with E-state index in [2.05, 4.69) is 53.3 Å². The third kappa shape index (κ3) is 4.61. The second-order valence-electron chi connectivity index (χ2n) is 7.23. The van der Waals surface area contributed by atoms with Gasteiger partial charge in [0.25, 0.3) is 5.78 Å². The van der Waals surface area contributed by atoms with Gasteiger partial charge in [0.15, 0.2) is 5.13 Å². The Bertz CT molecular complexity index is 1140. The minimum atomic E-state index is -0.952. The molecule has 0 spiro atoms. The highest BCUT2D eigenvalue weighted by molar-refractivity contribution is 7.14. The van der Waals surface area contributed by atoms with E-state index < -0.39 is 17.3 Å². The topological polar surface area (TPSA) is 68.3 Å². The quantitative estimate of drug-likeness (QED) is 0.120. The molecule has 1 heterocycles. The highest BCUT2D eigenvalue weighted by Gasteiger charge is 2.37. The average Bonchev–Trinajstić information content (AvgIpc) is 3.35. The van der Waals surface area contributed by atoms with Crippen LogP contribution in [0.4, 0.5) is 5.13 Å². The van der Waals surface area contributed by atoms with Gasteiger partial charge in [-0.1, -0.05) is 104 Å². The van der Waals surface area contributed by atoms with Crippen LogP contribution in [0.5, 0.6) is 0 Å². The number of nitrogens with one attached hydrogen (secondary N) is 1. The lowest BCUT2D eigenvalue weighted by Crippen LogP contribution is -2.38. The highest BCUT2D eigenvalue weighted by Crippen LogP contribution is 2.40. The van der Waals surface area contributed by atoms with Crippen LogP contribution in [0.25, 0.3) is 0 Å². The fraction of sp³-hybridized carbons (Fsp3) is 0.0741. The van der Waals surface area contributed by atoms with Crippen LogP contribution in [0.1, 0.15) is 27.2 Å². The zero-order valence-electron chi connectivity index (χ0n) is 17.8. The number of hydrogen-bond acceptors (Lipinski definition) is 6. The number of carbonyl (C=O) groups is 2. The normalized spacial score (nSPS) is 10.9. The van der Waals surface area contributed by atoms with Gasteiger partial charge in [0.1, 0.15) is 17.8 Å². The molecule has 3 aromatic carbocycles. The van der Waals surface area contributed by atoms with Gasteiger partial charge in [-0.3, -0.25) is 4.79 Å². The molecule has 1 N–H and O–H groups in total. The number of thiazole rings is 1. The zero-order chi connectivity index (χ0) is 23.1. The third-order valence-electron chi connectivity index (χ3n) is 5.17. The summed E-state index contributed by atoms with van der Waals surface area (Å²) in [6, 6.07) is 30.2. The molecule has 4 rings (SSSR count). The van der Waals surface area contributed by atoms with Crippen LogP contribution < -0.4 is 5.32 Å². The van der Waals surface area contributed by atoms with E-state index in [0.717, 1.165) is 16.7 Å². The summed E-state index contributed by atoms with van der Waals surface area (Å²) < 4.78 is 4.86. The van der Waals surface area contributed by atoms with Crippen molar-refractivity contribution in [3.63, 3.8) is 0 Å². The van der Waals surface area contributed by atoms with Crippen LogP contribution in [0.3, 0.4) is 0 Å². The third-order valence-corrected chi connectivity index (χ3v) is 5.93. The number of nitrogens with zero attached hydrogens (tertiary/aromatic N) is 1. The number of hydrogen-bond donors (Lipinski definition) is 1. The van der Waals surface area contributed by atoms with E-state index in [-0.39, 0.29) is 12.3 Å². The molecule has 0 fully saturated rings. The van der Waals surface area contributed by atoms with Crippen LogP contribution in [-0.2, 0) is 15.1 Å². The van der Waals surface area contributed by atoms with Crippen LogP contribution in [-0.4, -0.2) is 23.3 Å². The predicted octanol–water partition coefficient (Wildman–Crippen LogP) is 5.46. The largest absolute Gasteiger partial charge is 0.455 e. The molecule has 33 heavy (non-hydrogen) atoms. The first-order chi connectivity index (χ1) is 16.1. The average molecular weight is 455 g/mol. The molecule has 5 nitrogen and oxygen atoms in total. The van der Waals surface area contributed by atoms with Crippen molar-refractivity contribution in [2.45, 2.75) is 5.54 Å². The van der Waals surface area contributed by atoms with Gasteiger partial charge in [-0.05, 0) is 16.7 Å². The van der Waals surface area contributed by atoms with E-state index in [4.69, 9.17) is 4.74 Å². The summed E-state index contributed by atoms with van der Waals surface area (Å²) in [5, 5.41) is 5.65. The van der Waals surface area contributed by atoms with E-state index in [1.807, 2.05) is 54.6 Å². The summed E-state index contributed by atoms with van der Waals surface area (Å²) in [6.07, 6.45) is 1.41. The highest BCUT2D eigenvalue weighted by atomic mass is 32.1. The molecule has 0 radical (unpaired) electrons. The molecule has 0 saturated carbocycles. The predicted molar refractivity (Wildman–Crippen MR) is 130 cm³/mol. The van der Waals surface area contributed by atoms with Gasteiger partial charge in [0.2, 0.25) is 0 Å². The van der Waals surface area contributed by atoms with Crippen molar-refractivity contribution in [3.8, 4) is 0 Å². The number of anilines is 1. The molecule has 4 aromatic rings. The lowest BCUT2D eigenvalue weighted by Gasteiger charge is -2.36. The Kier molecular flexibility index (Phi) is 6.76. The monoisotopic (exact) mass is 454 g/mol. The minimum Gasteiger partial charge on any atom is -0.455 e. The standard InChI is InChI=1S/C27H22N2O3S/c1-2-18-32-25(31)24(30)23-19-33-26(28-23)29-27(20-12-6-3-7-13-20,21-14-8-4-9-15-21)22-16-10-5-11-17-22/h2-17,19H,1,18H2,(H,28,29). The summed E-state index contributed by atoms with van der Waals surface area (Å²) in [5.41, 5.74) is 2.30. The van der Waals surface area contributed by atoms with Crippen molar-refractivity contribution in [1.82, 2.24) is 4.98 Å². The van der Waals surface area contributed by atoms with Crippen LogP contribution in [0, 0.1) is 0 Å². The smallest absolute Gasteiger partial charge is 0.381 e. The van der Waals surface area contributed by atoms with Gasteiger partial charge in [-0.25, -0.2) is 9.78 Å². The molecule has 0 aliphatic rings. The molecule has 0 atom stereocenters. The number of carbonyl (C=O) groups excluding carboxylic acids is 2. The van der Waals surface area contributed by atoms with E-state index in [0.29, 0.717) is 5.13 Å². The Morgan fingerprint density at radius 2 is 1.36 bits per heavy atom. The molecule has 1 aromatic heterocycles. The Morgan fingerprint density at radius 1 is 0.879 bits per heavy atom. The molecule has 6 heteroatoms. The van der Waals surface area contributed by atoms with Crippen LogP contribution >= 0.6 is 11.3 Å². The van der Waals surface area contributed by atoms with Crippen molar-refractivity contribution < 1.29 is 14.3 Å². The summed E-state index contributed by atoms with van der Waals surface area (Å²) in [7, 11) is 0. The van der Waals surface area contributed by atoms with Gasteiger partial charge in [0, 0.05) is 5.38 Å². The SMILES string of the molecule is C=CCOC(=O)C(=O)c1csc(NC(c2ccccc2)(c2ccccc2)c2ccccc2)n1. The maximum atomic E-state index is 12.4. The van der Waals surface area contributed by atoms with Crippen LogP contribution in [0.2, 0.25) is 0 Å². The van der Waals surface area contributed by atoms with Crippen molar-refractivity contribution in [1.29, 1.82) is 0 Å². The van der Waals surface area contributed by atoms with Crippen molar-refractivity contribution in [2.24, 2.45) is 0 Å². The van der Waals surface area contributed by atoms with Crippen molar-refractivity contribution >= 4 is 28.2 Å². The molecule has 0 unspecified atom stereocenters. The summed E-state index contributed by atoms with van der Waals surface area (Å²) in [4.78, 5) is 28.9. The first-order valence-corrected chi connectivity index (χ1v) is 11.3. The van der Waals surface area contributed by atoms with Gasteiger partial charge in [-0.2, -0.15) is 0 Å². The van der Waals surface area contributed by atoms with E-state index >= 15 is 0 Å². The molecule has 164 valence electrons. The van der Waals surface area contributed by atoms with Crippen LogP contribution in [0.15, 0.2) is 109 Å². The number of rotatable bonds is 9. The number of ketones is 1. The zero-order valence-corrected chi connectivity index (χ0v) is 18.6. The molecule has 0 aliphatic heterocycles. The van der Waals surface area contributed by atoms with Crippen molar-refractivity contribution in [3.05, 3.63) is 131 Å². The number of benzene rings is 3. The van der Waals surface area contributed by atoms with Gasteiger partial charge in [0.05, 0.1) is 0 Å². The lowest BCUT2D eigenvalue weighted by molar-refractivity contribution is -0.136. The van der Waals surface area contributed by atoms with Gasteiger partial charge in [-0.15, -0.1) is 11.3 Å². The van der Waals surface area contributed by atoms with E-state index in [9.17, 15) is 9.59 Å². The first kappa shape index (κ1) is 22.2. The Morgan fingerprint density at radius 3 is 1.82 bits per heavy atom. The number of aromatic nitrogens is 1. The van der Waals surface area contributed by atoms with E-state index in [1.54, 1.807) is 5.38 Å². The molecule has 0 aliphatic carbocycles. The molecular weight excluding hydrogens is 432 g/mol. The Labute approximate surface area is 196 Å². The van der Waals surface area contributed by atoms with Crippen molar-refractivity contribution in [2.75, 3.05) is 11.9 Å². The maximum absolute atomic E-state index is 12.4. The molecule has 0 saturated heterocycles. The fourth-order valence-electron chi connectivity index (χ4n) is 3.68. The lowest BCUT2D eigenvalue weighted by atomic mass is 9.77. The summed E-state index contributed by atoms with van der Waals surface area (Å²) in [5.74, 6) is -1.74. The summed E-state index contributed by atoms with van der Waals surface area (Å²) in [6.45, 7) is 3.45. The number of Topliss-reactive ketones (excluding diaryl/α,β-unsaturated/α-hetero) is 1. The van der Waals surface area contributed by atoms with Gasteiger partial charge >= 0.3 is 5.97 Å².